The molecule has 0 saturated carbocycles. The third kappa shape index (κ3) is 6.29. The fraction of sp³-hybridized carbons (Fsp3) is 0.765. The van der Waals surface area contributed by atoms with E-state index < -0.39 is 54.4 Å². The molecule has 0 radical (unpaired) electrons. The molecule has 1 aliphatic heterocycles. The molecule has 0 spiro atoms. The Morgan fingerprint density at radius 3 is 1.65 bits per heavy atom. The van der Waals surface area contributed by atoms with Crippen molar-refractivity contribution in [3.05, 3.63) is 0 Å². The molecule has 9 heteroatoms. The highest BCUT2D eigenvalue weighted by Gasteiger charge is 2.52. The largest absolute Gasteiger partial charge is 0.463 e. The molecule has 1 fully saturated rings. The van der Waals surface area contributed by atoms with Gasteiger partial charge in [0.2, 0.25) is 0 Å². The molecule has 1 saturated heterocycles. The number of rotatable bonds is 6. The van der Waals surface area contributed by atoms with Gasteiger partial charge >= 0.3 is 23.9 Å². The van der Waals surface area contributed by atoms with Crippen molar-refractivity contribution < 1.29 is 42.9 Å². The second-order valence-electron chi connectivity index (χ2n) is 6.41. The molecule has 0 bridgehead atoms. The molecular weight excluding hydrogens is 348 g/mol. The van der Waals surface area contributed by atoms with Crippen LogP contribution < -0.4 is 0 Å². The topological polar surface area (TPSA) is 114 Å². The molecule has 148 valence electrons. The van der Waals surface area contributed by atoms with Crippen LogP contribution in [0.4, 0.5) is 0 Å². The molecule has 0 aromatic heterocycles. The zero-order chi connectivity index (χ0) is 20.0. The highest BCUT2D eigenvalue weighted by molar-refractivity contribution is 5.68. The minimum Gasteiger partial charge on any atom is -0.463 e. The van der Waals surface area contributed by atoms with E-state index in [1.54, 1.807) is 0 Å². The van der Waals surface area contributed by atoms with Crippen LogP contribution in [0.2, 0.25) is 0 Å². The Bertz CT molecular complexity index is 542. The van der Waals surface area contributed by atoms with Crippen molar-refractivity contribution in [1.29, 1.82) is 0 Å². The van der Waals surface area contributed by atoms with E-state index in [0.717, 1.165) is 0 Å². The molecule has 0 aromatic carbocycles. The molecule has 9 nitrogen and oxygen atoms in total. The fourth-order valence-electron chi connectivity index (χ4n) is 2.80. The van der Waals surface area contributed by atoms with Crippen molar-refractivity contribution in [3.63, 3.8) is 0 Å². The van der Waals surface area contributed by atoms with E-state index >= 15 is 0 Å². The van der Waals surface area contributed by atoms with Crippen LogP contribution in [0.1, 0.15) is 41.5 Å². The van der Waals surface area contributed by atoms with Gasteiger partial charge in [-0.3, -0.25) is 19.2 Å². The normalized spacial score (nSPS) is 28.2. The summed E-state index contributed by atoms with van der Waals surface area (Å²) in [6.07, 6.45) is -4.71. The number of hydrogen-bond acceptors (Lipinski definition) is 9. The summed E-state index contributed by atoms with van der Waals surface area (Å²) in [5.41, 5.74) is 0. The number of carbonyl (C=O) groups excluding carboxylic acids is 4. The van der Waals surface area contributed by atoms with Gasteiger partial charge in [0.15, 0.2) is 18.3 Å². The number of hydrogen-bond donors (Lipinski definition) is 0. The summed E-state index contributed by atoms with van der Waals surface area (Å²) in [5.74, 6) is -2.55. The van der Waals surface area contributed by atoms with E-state index in [1.165, 1.54) is 27.7 Å². The van der Waals surface area contributed by atoms with Crippen LogP contribution in [0.15, 0.2) is 0 Å². The highest BCUT2D eigenvalue weighted by atomic mass is 16.7. The van der Waals surface area contributed by atoms with Gasteiger partial charge in [-0.25, -0.2) is 0 Å². The minimum absolute atomic E-state index is 0.129. The third-order valence-electron chi connectivity index (χ3n) is 3.68. The first-order chi connectivity index (χ1) is 12.0. The second kappa shape index (κ2) is 9.51. The predicted molar refractivity (Wildman–Crippen MR) is 86.8 cm³/mol. The molecule has 1 aliphatic rings. The Morgan fingerprint density at radius 1 is 0.769 bits per heavy atom. The zero-order valence-corrected chi connectivity index (χ0v) is 15.8. The fourth-order valence-corrected chi connectivity index (χ4v) is 2.80. The van der Waals surface area contributed by atoms with Crippen LogP contribution in [-0.2, 0) is 42.9 Å². The van der Waals surface area contributed by atoms with Gasteiger partial charge in [-0.15, -0.1) is 0 Å². The number of esters is 4. The summed E-state index contributed by atoms with van der Waals surface area (Å²) in [4.78, 5) is 45.8. The molecule has 1 heterocycles. The maximum atomic E-state index is 11.6. The van der Waals surface area contributed by atoms with Gasteiger partial charge in [0, 0.05) is 27.7 Å². The zero-order valence-electron chi connectivity index (χ0n) is 15.8. The molecule has 26 heavy (non-hydrogen) atoms. The van der Waals surface area contributed by atoms with E-state index in [4.69, 9.17) is 23.7 Å². The summed E-state index contributed by atoms with van der Waals surface area (Å²) in [5, 5.41) is 0. The van der Waals surface area contributed by atoms with Gasteiger partial charge in [-0.05, 0) is 5.92 Å². The van der Waals surface area contributed by atoms with Crippen LogP contribution in [0.3, 0.4) is 0 Å². The molecule has 0 amide bonds. The molecule has 0 aromatic rings. The Labute approximate surface area is 152 Å². The van der Waals surface area contributed by atoms with E-state index in [0.29, 0.717) is 0 Å². The van der Waals surface area contributed by atoms with Gasteiger partial charge in [-0.1, -0.05) is 13.8 Å². The molecule has 5 atom stereocenters. The van der Waals surface area contributed by atoms with E-state index in [1.807, 2.05) is 13.8 Å². The summed E-state index contributed by atoms with van der Waals surface area (Å²) < 4.78 is 26.8. The second-order valence-corrected chi connectivity index (χ2v) is 6.41. The van der Waals surface area contributed by atoms with Crippen LogP contribution in [0.25, 0.3) is 0 Å². The van der Waals surface area contributed by atoms with Gasteiger partial charge < -0.3 is 23.7 Å². The number of ether oxygens (including phenoxy) is 5. The lowest BCUT2D eigenvalue weighted by molar-refractivity contribution is -0.258. The van der Waals surface area contributed by atoms with Crippen LogP contribution in [-0.4, -0.2) is 61.0 Å². The van der Waals surface area contributed by atoms with Crippen molar-refractivity contribution in [3.8, 4) is 0 Å². The maximum Gasteiger partial charge on any atom is 0.303 e. The molecular formula is C17H26O9. The molecule has 1 rings (SSSR count). The van der Waals surface area contributed by atoms with E-state index in [2.05, 4.69) is 0 Å². The first kappa shape index (κ1) is 21.9. The first-order valence-corrected chi connectivity index (χ1v) is 8.33. The lowest BCUT2D eigenvalue weighted by Gasteiger charge is -2.45. The van der Waals surface area contributed by atoms with E-state index in [9.17, 15) is 19.2 Å². The average Bonchev–Trinajstić information content (AvgIpc) is 2.47. The maximum absolute atomic E-state index is 11.6. The predicted octanol–water partition coefficient (Wildman–Crippen LogP) is 0.768. The quantitative estimate of drug-likeness (QED) is 0.491. The third-order valence-corrected chi connectivity index (χ3v) is 3.68. The lowest BCUT2D eigenvalue weighted by Crippen LogP contribution is -2.63. The van der Waals surface area contributed by atoms with Gasteiger partial charge in [0.1, 0.15) is 18.8 Å². The summed E-state index contributed by atoms with van der Waals surface area (Å²) in [6, 6.07) is 0. The average molecular weight is 374 g/mol. The Balaban J connectivity index is 3.27. The molecule has 1 unspecified atom stereocenters. The van der Waals surface area contributed by atoms with Crippen molar-refractivity contribution in [2.24, 2.45) is 5.92 Å². The van der Waals surface area contributed by atoms with Crippen molar-refractivity contribution in [2.45, 2.75) is 72.1 Å². The van der Waals surface area contributed by atoms with Crippen LogP contribution >= 0.6 is 0 Å². The Kier molecular flexibility index (Phi) is 8.01. The van der Waals surface area contributed by atoms with Gasteiger partial charge in [-0.2, -0.15) is 0 Å². The van der Waals surface area contributed by atoms with Crippen LogP contribution in [0.5, 0.6) is 0 Å². The number of carbonyl (C=O) groups is 4. The Hall–Kier alpha value is -2.16. The smallest absolute Gasteiger partial charge is 0.303 e. The minimum atomic E-state index is -1.10. The summed E-state index contributed by atoms with van der Waals surface area (Å²) in [6.45, 7) is 8.28. The standard InChI is InChI=1S/C17H26O9/c1-8(2)14-16(24-11(5)20)17(25-12(6)21)15(23-10(4)19)13(26-14)7-22-9(3)18/h8,13-17H,7H2,1-6H3/t13-,14?,15-,16+,17+/m0/s1. The lowest BCUT2D eigenvalue weighted by atomic mass is 9.89. The molecule has 0 aliphatic carbocycles. The Morgan fingerprint density at radius 2 is 1.23 bits per heavy atom. The van der Waals surface area contributed by atoms with Crippen LogP contribution in [0, 0.1) is 5.92 Å². The highest BCUT2D eigenvalue weighted by Crippen LogP contribution is 2.32. The van der Waals surface area contributed by atoms with Crippen molar-refractivity contribution in [1.82, 2.24) is 0 Å². The van der Waals surface area contributed by atoms with Gasteiger partial charge in [0.25, 0.3) is 0 Å². The van der Waals surface area contributed by atoms with Gasteiger partial charge in [0.05, 0.1) is 0 Å². The van der Waals surface area contributed by atoms with E-state index in [-0.39, 0.29) is 12.5 Å². The first-order valence-electron chi connectivity index (χ1n) is 8.33. The van der Waals surface area contributed by atoms with Crippen molar-refractivity contribution >= 4 is 23.9 Å². The summed E-state index contributed by atoms with van der Waals surface area (Å²) in [7, 11) is 0. The van der Waals surface area contributed by atoms with Crippen molar-refractivity contribution in [2.75, 3.05) is 6.61 Å². The monoisotopic (exact) mass is 374 g/mol. The molecule has 0 N–H and O–H groups in total. The summed E-state index contributed by atoms with van der Waals surface area (Å²) >= 11 is 0. The SMILES string of the molecule is CC(=O)OC[C@@H]1OC(C(C)C)[C@@H](OC(C)=O)[C@H](OC(C)=O)[C@H]1OC(C)=O.